The van der Waals surface area contributed by atoms with Crippen LogP contribution in [0, 0.1) is 26.7 Å². The normalized spacial score (nSPS) is 20.5. The second-order valence-corrected chi connectivity index (χ2v) is 7.53. The number of aromatic nitrogens is 3. The highest BCUT2D eigenvalue weighted by atomic mass is 35.5. The zero-order valence-corrected chi connectivity index (χ0v) is 15.8. The fourth-order valence-electron chi connectivity index (χ4n) is 3.47. The van der Waals surface area contributed by atoms with Crippen molar-refractivity contribution in [3.63, 3.8) is 0 Å². The number of nitrogens with zero attached hydrogens (tertiary/aromatic N) is 3. The SMILES string of the molecule is Cc1cn(C[C@H]2CC[C@H](NC(=O)c3cc(Cl)cnc3C)CC2)nc1C. The van der Waals surface area contributed by atoms with Crippen LogP contribution in [0.1, 0.15) is 53.0 Å². The number of halogens is 1. The molecule has 1 fully saturated rings. The Morgan fingerprint density at radius 2 is 1.96 bits per heavy atom. The number of hydrogen-bond acceptors (Lipinski definition) is 3. The molecule has 1 aliphatic rings. The lowest BCUT2D eigenvalue weighted by Gasteiger charge is -2.29. The lowest BCUT2D eigenvalue weighted by molar-refractivity contribution is 0.0919. The van der Waals surface area contributed by atoms with Crippen molar-refractivity contribution in [2.75, 3.05) is 0 Å². The van der Waals surface area contributed by atoms with Gasteiger partial charge in [0.2, 0.25) is 0 Å². The molecule has 0 atom stereocenters. The third-order valence-electron chi connectivity index (χ3n) is 5.12. The Balaban J connectivity index is 1.52. The lowest BCUT2D eigenvalue weighted by atomic mass is 9.86. The molecule has 0 bridgehead atoms. The maximum atomic E-state index is 12.5. The molecule has 134 valence electrons. The third-order valence-corrected chi connectivity index (χ3v) is 5.32. The van der Waals surface area contributed by atoms with Crippen LogP contribution < -0.4 is 5.32 Å². The van der Waals surface area contributed by atoms with Gasteiger partial charge in [-0.15, -0.1) is 0 Å². The molecule has 0 unspecified atom stereocenters. The Bertz CT molecular complexity index is 743. The van der Waals surface area contributed by atoms with Gasteiger partial charge in [0, 0.05) is 25.0 Å². The van der Waals surface area contributed by atoms with Crippen LogP contribution in [-0.2, 0) is 6.54 Å². The summed E-state index contributed by atoms with van der Waals surface area (Å²) in [5.41, 5.74) is 3.62. The van der Waals surface area contributed by atoms with Crippen molar-refractivity contribution in [1.29, 1.82) is 0 Å². The van der Waals surface area contributed by atoms with Crippen molar-refractivity contribution in [2.24, 2.45) is 5.92 Å². The zero-order valence-electron chi connectivity index (χ0n) is 15.1. The van der Waals surface area contributed by atoms with Crippen LogP contribution in [-0.4, -0.2) is 26.7 Å². The number of carbonyl (C=O) groups excluding carboxylic acids is 1. The van der Waals surface area contributed by atoms with Gasteiger partial charge >= 0.3 is 0 Å². The second kappa shape index (κ2) is 7.56. The standard InChI is InChI=1S/C19H25ClN4O/c1-12-10-24(23-13(12)2)11-15-4-6-17(7-5-15)22-19(25)18-8-16(20)9-21-14(18)3/h8-10,15,17H,4-7,11H2,1-3H3,(H,22,25)/t15-,17-. The van der Waals surface area contributed by atoms with Gasteiger partial charge in [0.25, 0.3) is 5.91 Å². The highest BCUT2D eigenvalue weighted by molar-refractivity contribution is 6.30. The molecular formula is C19H25ClN4O. The minimum atomic E-state index is -0.0747. The maximum absolute atomic E-state index is 12.5. The predicted octanol–water partition coefficient (Wildman–Crippen LogP) is 3.85. The molecule has 1 saturated carbocycles. The van der Waals surface area contributed by atoms with E-state index < -0.39 is 0 Å². The maximum Gasteiger partial charge on any atom is 0.253 e. The molecule has 1 N–H and O–H groups in total. The van der Waals surface area contributed by atoms with Crippen LogP contribution in [0.4, 0.5) is 0 Å². The number of carbonyl (C=O) groups is 1. The van der Waals surface area contributed by atoms with Crippen molar-refractivity contribution < 1.29 is 4.79 Å². The fraction of sp³-hybridized carbons (Fsp3) is 0.526. The van der Waals surface area contributed by atoms with Gasteiger partial charge in [0.15, 0.2) is 0 Å². The van der Waals surface area contributed by atoms with Gasteiger partial charge in [-0.3, -0.25) is 14.5 Å². The molecule has 6 heteroatoms. The van der Waals surface area contributed by atoms with E-state index in [4.69, 9.17) is 11.6 Å². The molecule has 0 aromatic carbocycles. The summed E-state index contributed by atoms with van der Waals surface area (Å²) >= 11 is 5.96. The number of amides is 1. The van der Waals surface area contributed by atoms with E-state index in [-0.39, 0.29) is 11.9 Å². The van der Waals surface area contributed by atoms with Crippen molar-refractivity contribution in [3.8, 4) is 0 Å². The first-order valence-electron chi connectivity index (χ1n) is 8.86. The minimum absolute atomic E-state index is 0.0747. The van der Waals surface area contributed by atoms with Gasteiger partial charge in [-0.05, 0) is 64.0 Å². The summed E-state index contributed by atoms with van der Waals surface area (Å²) in [6, 6.07) is 1.91. The topological polar surface area (TPSA) is 59.8 Å². The van der Waals surface area contributed by atoms with Crippen LogP contribution in [0.3, 0.4) is 0 Å². The van der Waals surface area contributed by atoms with Crippen LogP contribution in [0.15, 0.2) is 18.5 Å². The number of hydrogen-bond donors (Lipinski definition) is 1. The summed E-state index contributed by atoms with van der Waals surface area (Å²) in [7, 11) is 0. The van der Waals surface area contributed by atoms with Gasteiger partial charge in [0.05, 0.1) is 22.0 Å². The van der Waals surface area contributed by atoms with Crippen molar-refractivity contribution in [3.05, 3.63) is 46.0 Å². The summed E-state index contributed by atoms with van der Waals surface area (Å²) in [5, 5.41) is 8.19. The van der Waals surface area contributed by atoms with E-state index in [2.05, 4.69) is 33.2 Å². The highest BCUT2D eigenvalue weighted by Gasteiger charge is 2.24. The molecule has 25 heavy (non-hydrogen) atoms. The number of pyridine rings is 1. The molecule has 2 aromatic rings. The first kappa shape index (κ1) is 17.9. The number of aryl methyl sites for hydroxylation is 3. The van der Waals surface area contributed by atoms with Gasteiger partial charge in [-0.2, -0.15) is 5.10 Å². The Morgan fingerprint density at radius 3 is 2.60 bits per heavy atom. The molecule has 2 heterocycles. The second-order valence-electron chi connectivity index (χ2n) is 7.10. The first-order valence-corrected chi connectivity index (χ1v) is 9.24. The zero-order chi connectivity index (χ0) is 18.0. The molecule has 0 radical (unpaired) electrons. The van der Waals surface area contributed by atoms with Gasteiger partial charge in [-0.25, -0.2) is 0 Å². The Morgan fingerprint density at radius 1 is 1.24 bits per heavy atom. The van der Waals surface area contributed by atoms with E-state index in [0.717, 1.165) is 37.9 Å². The van der Waals surface area contributed by atoms with Gasteiger partial charge < -0.3 is 5.32 Å². The molecule has 1 amide bonds. The highest BCUT2D eigenvalue weighted by Crippen LogP contribution is 2.26. The summed E-state index contributed by atoms with van der Waals surface area (Å²) < 4.78 is 2.06. The third kappa shape index (κ3) is 4.40. The molecular weight excluding hydrogens is 336 g/mol. The summed E-state index contributed by atoms with van der Waals surface area (Å²) in [5.74, 6) is 0.552. The lowest BCUT2D eigenvalue weighted by Crippen LogP contribution is -2.38. The largest absolute Gasteiger partial charge is 0.349 e. The molecule has 0 saturated heterocycles. The van der Waals surface area contributed by atoms with Crippen LogP contribution in [0.25, 0.3) is 0 Å². The van der Waals surface area contributed by atoms with Gasteiger partial charge in [0.1, 0.15) is 0 Å². The number of rotatable bonds is 4. The predicted molar refractivity (Wildman–Crippen MR) is 98.9 cm³/mol. The molecule has 0 aliphatic heterocycles. The Hall–Kier alpha value is -1.88. The van der Waals surface area contributed by atoms with E-state index in [1.54, 1.807) is 12.3 Å². The van der Waals surface area contributed by atoms with E-state index in [1.165, 1.54) is 5.56 Å². The molecule has 1 aliphatic carbocycles. The summed E-state index contributed by atoms with van der Waals surface area (Å²) in [4.78, 5) is 16.6. The molecule has 0 spiro atoms. The minimum Gasteiger partial charge on any atom is -0.349 e. The van der Waals surface area contributed by atoms with Crippen molar-refractivity contribution in [2.45, 2.75) is 59.0 Å². The van der Waals surface area contributed by atoms with Crippen LogP contribution >= 0.6 is 11.6 Å². The van der Waals surface area contributed by atoms with E-state index in [9.17, 15) is 4.79 Å². The fourth-order valence-corrected chi connectivity index (χ4v) is 3.62. The first-order chi connectivity index (χ1) is 11.9. The van der Waals surface area contributed by atoms with Gasteiger partial charge in [-0.1, -0.05) is 11.6 Å². The van der Waals surface area contributed by atoms with E-state index >= 15 is 0 Å². The average molecular weight is 361 g/mol. The smallest absolute Gasteiger partial charge is 0.253 e. The number of nitrogens with one attached hydrogen (secondary N) is 1. The average Bonchev–Trinajstić information content (AvgIpc) is 2.89. The quantitative estimate of drug-likeness (QED) is 0.900. The van der Waals surface area contributed by atoms with Crippen molar-refractivity contribution in [1.82, 2.24) is 20.1 Å². The molecule has 2 aromatic heterocycles. The Labute approximate surface area is 153 Å². The summed E-state index contributed by atoms with van der Waals surface area (Å²) in [6.45, 7) is 6.94. The van der Waals surface area contributed by atoms with Crippen LogP contribution in [0.2, 0.25) is 5.02 Å². The van der Waals surface area contributed by atoms with Crippen LogP contribution in [0.5, 0.6) is 0 Å². The monoisotopic (exact) mass is 360 g/mol. The van der Waals surface area contributed by atoms with E-state index in [0.29, 0.717) is 22.2 Å². The molecule has 5 nitrogen and oxygen atoms in total. The Kier molecular flexibility index (Phi) is 5.42. The van der Waals surface area contributed by atoms with E-state index in [1.807, 2.05) is 13.8 Å². The van der Waals surface area contributed by atoms with Crippen molar-refractivity contribution >= 4 is 17.5 Å². The summed E-state index contributed by atoms with van der Waals surface area (Å²) in [6.07, 6.45) is 7.91. The molecule has 3 rings (SSSR count).